The fourth-order valence-electron chi connectivity index (χ4n) is 3.69. The molecule has 1 nitrogen and oxygen atoms in total. The van der Waals surface area contributed by atoms with Gasteiger partial charge in [0.25, 0.3) is 0 Å². The van der Waals surface area contributed by atoms with Crippen molar-refractivity contribution in [2.45, 2.75) is 89.7 Å². The Balaban J connectivity index is 1.77. The monoisotopic (exact) mass is 272 g/mol. The standard InChI is InChI=1S/C18H29BO/c1-3-4-5-6-7-8-11-16(2)20-19-17-12-9-13-18(19)15-10-14-17/h11,17-18H,3-5,8-10,12-15H2,1-2H3/b16-11-. The summed E-state index contributed by atoms with van der Waals surface area (Å²) in [5.41, 5.74) is 0. The van der Waals surface area contributed by atoms with Crippen molar-refractivity contribution < 1.29 is 4.65 Å². The predicted octanol–water partition coefficient (Wildman–Crippen LogP) is 5.59. The van der Waals surface area contributed by atoms with Crippen LogP contribution < -0.4 is 0 Å². The largest absolute Gasteiger partial charge is 0.563 e. The van der Waals surface area contributed by atoms with Crippen LogP contribution in [0.1, 0.15) is 78.1 Å². The van der Waals surface area contributed by atoms with Crippen LogP contribution in [0.4, 0.5) is 0 Å². The van der Waals surface area contributed by atoms with Gasteiger partial charge < -0.3 is 4.65 Å². The van der Waals surface area contributed by atoms with Crippen LogP contribution in [0.25, 0.3) is 0 Å². The van der Waals surface area contributed by atoms with E-state index < -0.39 is 0 Å². The molecule has 2 rings (SSSR count). The second-order valence-corrected chi connectivity index (χ2v) is 6.44. The van der Waals surface area contributed by atoms with Crippen LogP contribution in [0.15, 0.2) is 11.8 Å². The van der Waals surface area contributed by atoms with Gasteiger partial charge in [0.1, 0.15) is 0 Å². The third kappa shape index (κ3) is 4.62. The molecular weight excluding hydrogens is 243 g/mol. The lowest BCUT2D eigenvalue weighted by atomic mass is 9.38. The second kappa shape index (κ2) is 8.45. The van der Waals surface area contributed by atoms with E-state index in [4.69, 9.17) is 4.65 Å². The van der Waals surface area contributed by atoms with Gasteiger partial charge in [0.05, 0.1) is 5.76 Å². The predicted molar refractivity (Wildman–Crippen MR) is 87.7 cm³/mol. The van der Waals surface area contributed by atoms with Gasteiger partial charge in [-0.15, -0.1) is 5.92 Å². The molecule has 0 amide bonds. The van der Waals surface area contributed by atoms with E-state index in [0.29, 0.717) is 6.92 Å². The highest BCUT2D eigenvalue weighted by atomic mass is 16.4. The summed E-state index contributed by atoms with van der Waals surface area (Å²) in [7, 11) is 0. The molecule has 0 saturated carbocycles. The zero-order valence-electron chi connectivity index (χ0n) is 13.3. The number of rotatable bonds is 5. The van der Waals surface area contributed by atoms with Gasteiger partial charge in [-0.1, -0.05) is 57.8 Å². The number of allylic oxidation sites excluding steroid dienone is 2. The fourth-order valence-corrected chi connectivity index (χ4v) is 3.69. The first kappa shape index (κ1) is 15.6. The van der Waals surface area contributed by atoms with Gasteiger partial charge in [0.15, 0.2) is 0 Å². The Morgan fingerprint density at radius 2 is 1.80 bits per heavy atom. The van der Waals surface area contributed by atoms with E-state index in [9.17, 15) is 0 Å². The van der Waals surface area contributed by atoms with Crippen LogP contribution in [0.3, 0.4) is 0 Å². The molecule has 0 aromatic rings. The lowest BCUT2D eigenvalue weighted by Crippen LogP contribution is -2.36. The highest BCUT2D eigenvalue weighted by molar-refractivity contribution is 6.56. The topological polar surface area (TPSA) is 9.23 Å². The third-order valence-electron chi connectivity index (χ3n) is 4.82. The summed E-state index contributed by atoms with van der Waals surface area (Å²) in [6.07, 6.45) is 14.9. The van der Waals surface area contributed by atoms with Crippen molar-refractivity contribution >= 4 is 6.92 Å². The van der Waals surface area contributed by atoms with Gasteiger partial charge in [-0.2, -0.15) is 0 Å². The highest BCUT2D eigenvalue weighted by Crippen LogP contribution is 2.47. The number of unbranched alkanes of at least 4 members (excludes halogenated alkanes) is 2. The molecule has 2 aliphatic heterocycles. The molecule has 2 fully saturated rings. The maximum atomic E-state index is 6.28. The SMILES string of the molecule is CCCCC#CC/C=C(/C)OB1C2CCCC1CCC2. The Morgan fingerprint density at radius 1 is 1.15 bits per heavy atom. The van der Waals surface area contributed by atoms with Crippen LogP contribution in [0.2, 0.25) is 11.6 Å². The molecule has 2 heterocycles. The van der Waals surface area contributed by atoms with Gasteiger partial charge in [-0.3, -0.25) is 0 Å². The van der Waals surface area contributed by atoms with Crippen LogP contribution >= 0.6 is 0 Å². The number of hydrogen-bond acceptors (Lipinski definition) is 1. The zero-order valence-corrected chi connectivity index (χ0v) is 13.3. The molecule has 2 aliphatic rings. The van der Waals surface area contributed by atoms with Crippen molar-refractivity contribution in [2.75, 3.05) is 0 Å². The molecule has 0 spiro atoms. The smallest absolute Gasteiger partial charge is 0.363 e. The van der Waals surface area contributed by atoms with E-state index in [0.717, 1.165) is 30.2 Å². The minimum atomic E-state index is 0.502. The molecular formula is C18H29BO. The zero-order chi connectivity index (χ0) is 14.2. The van der Waals surface area contributed by atoms with E-state index in [1.807, 2.05) is 0 Å². The average Bonchev–Trinajstić information content (AvgIpc) is 2.42. The van der Waals surface area contributed by atoms with Crippen molar-refractivity contribution in [3.05, 3.63) is 11.8 Å². The van der Waals surface area contributed by atoms with Gasteiger partial charge >= 0.3 is 6.92 Å². The van der Waals surface area contributed by atoms with E-state index in [1.165, 1.54) is 51.4 Å². The normalized spacial score (nSPS) is 25.9. The Morgan fingerprint density at radius 3 is 2.40 bits per heavy atom. The molecule has 0 aromatic heterocycles. The van der Waals surface area contributed by atoms with Crippen molar-refractivity contribution in [3.8, 4) is 11.8 Å². The molecule has 2 heteroatoms. The van der Waals surface area contributed by atoms with Crippen LogP contribution in [-0.2, 0) is 4.65 Å². The molecule has 0 N–H and O–H groups in total. The van der Waals surface area contributed by atoms with Crippen LogP contribution in [0, 0.1) is 11.8 Å². The average molecular weight is 272 g/mol. The first-order chi connectivity index (χ1) is 9.81. The molecule has 20 heavy (non-hydrogen) atoms. The minimum Gasteiger partial charge on any atom is -0.563 e. The molecule has 0 unspecified atom stereocenters. The second-order valence-electron chi connectivity index (χ2n) is 6.44. The Labute approximate surface area is 125 Å². The van der Waals surface area contributed by atoms with E-state index in [-0.39, 0.29) is 0 Å². The summed E-state index contributed by atoms with van der Waals surface area (Å²) in [5, 5.41) is 0. The summed E-state index contributed by atoms with van der Waals surface area (Å²) < 4.78 is 6.28. The molecule has 2 bridgehead atoms. The van der Waals surface area contributed by atoms with E-state index >= 15 is 0 Å². The quantitative estimate of drug-likeness (QED) is 0.274. The maximum Gasteiger partial charge on any atom is 0.363 e. The van der Waals surface area contributed by atoms with Gasteiger partial charge in [0.2, 0.25) is 0 Å². The Kier molecular flexibility index (Phi) is 6.57. The molecule has 0 radical (unpaired) electrons. The summed E-state index contributed by atoms with van der Waals surface area (Å²) in [5.74, 6) is 9.20. The first-order valence-corrected chi connectivity index (χ1v) is 8.60. The van der Waals surface area contributed by atoms with Crippen molar-refractivity contribution in [2.24, 2.45) is 0 Å². The summed E-state index contributed by atoms with van der Waals surface area (Å²) in [4.78, 5) is 0. The van der Waals surface area contributed by atoms with Gasteiger partial charge in [0, 0.05) is 12.8 Å². The molecule has 2 saturated heterocycles. The Hall–Kier alpha value is -0.835. The Bertz CT molecular complexity index is 355. The summed E-state index contributed by atoms with van der Waals surface area (Å²) in [6.45, 7) is 4.82. The summed E-state index contributed by atoms with van der Waals surface area (Å²) >= 11 is 0. The number of hydrogen-bond donors (Lipinski definition) is 0. The highest BCUT2D eigenvalue weighted by Gasteiger charge is 2.42. The van der Waals surface area contributed by atoms with Crippen LogP contribution in [0.5, 0.6) is 0 Å². The molecule has 0 atom stereocenters. The van der Waals surface area contributed by atoms with Crippen molar-refractivity contribution in [3.63, 3.8) is 0 Å². The summed E-state index contributed by atoms with van der Waals surface area (Å²) in [6, 6.07) is 0. The number of fused-ring (bicyclic) bond motifs is 2. The molecule has 110 valence electrons. The first-order valence-electron chi connectivity index (χ1n) is 8.60. The van der Waals surface area contributed by atoms with Crippen molar-refractivity contribution in [1.82, 2.24) is 0 Å². The minimum absolute atomic E-state index is 0.502. The van der Waals surface area contributed by atoms with Gasteiger partial charge in [-0.25, -0.2) is 0 Å². The molecule has 0 aliphatic carbocycles. The maximum absolute atomic E-state index is 6.28. The van der Waals surface area contributed by atoms with Crippen molar-refractivity contribution in [1.29, 1.82) is 0 Å². The van der Waals surface area contributed by atoms with E-state index in [1.54, 1.807) is 0 Å². The van der Waals surface area contributed by atoms with E-state index in [2.05, 4.69) is 31.8 Å². The van der Waals surface area contributed by atoms with Gasteiger partial charge in [-0.05, 0) is 31.1 Å². The fraction of sp³-hybridized carbons (Fsp3) is 0.778. The molecule has 0 aromatic carbocycles. The lowest BCUT2D eigenvalue weighted by molar-refractivity contribution is 0.333. The van der Waals surface area contributed by atoms with Crippen LogP contribution in [-0.4, -0.2) is 6.92 Å². The lowest BCUT2D eigenvalue weighted by Gasteiger charge is -2.39. The third-order valence-corrected chi connectivity index (χ3v) is 4.82.